The van der Waals surface area contributed by atoms with Gasteiger partial charge in [0.2, 0.25) is 5.88 Å². The molecule has 1 unspecified atom stereocenters. The monoisotopic (exact) mass is 247 g/mol. The van der Waals surface area contributed by atoms with Crippen LogP contribution < -0.4 is 10.5 Å². The first kappa shape index (κ1) is 12.1. The third kappa shape index (κ3) is 3.08. The summed E-state index contributed by atoms with van der Waals surface area (Å²) in [4.78, 5) is 17.1. The van der Waals surface area contributed by atoms with Crippen LogP contribution in [0.15, 0.2) is 36.5 Å². The van der Waals surface area contributed by atoms with Crippen molar-refractivity contribution in [2.75, 3.05) is 0 Å². The number of hydrogen-bond acceptors (Lipinski definition) is 4. The minimum atomic E-state index is -1.39. The number of aromatic nitrogens is 2. The van der Waals surface area contributed by atoms with E-state index >= 15 is 0 Å². The maximum Gasteiger partial charge on any atom is 0.512 e. The van der Waals surface area contributed by atoms with Crippen LogP contribution in [0.1, 0.15) is 17.4 Å². The molecule has 0 aliphatic carbocycles. The molecule has 0 saturated carbocycles. The number of ether oxygens (including phenoxy) is 1. The van der Waals surface area contributed by atoms with Gasteiger partial charge in [0, 0.05) is 0 Å². The molecule has 0 amide bonds. The predicted molar refractivity (Wildman–Crippen MR) is 64.3 cm³/mol. The number of aromatic amines is 1. The van der Waals surface area contributed by atoms with Gasteiger partial charge in [-0.1, -0.05) is 30.3 Å². The SMILES string of the molecule is NC(Cc1ccccc1)c1ncc(OC(=O)O)[nH]1. The highest BCUT2D eigenvalue weighted by Gasteiger charge is 2.12. The number of carbonyl (C=O) groups is 1. The number of nitrogens with zero attached hydrogens (tertiary/aromatic N) is 1. The van der Waals surface area contributed by atoms with Crippen molar-refractivity contribution in [3.63, 3.8) is 0 Å². The fourth-order valence-electron chi connectivity index (χ4n) is 1.62. The first-order chi connectivity index (χ1) is 8.65. The number of hydrogen-bond donors (Lipinski definition) is 3. The largest absolute Gasteiger partial charge is 0.512 e. The summed E-state index contributed by atoms with van der Waals surface area (Å²) >= 11 is 0. The van der Waals surface area contributed by atoms with Gasteiger partial charge in [-0.15, -0.1) is 0 Å². The van der Waals surface area contributed by atoms with Gasteiger partial charge in [0.25, 0.3) is 0 Å². The fourth-order valence-corrected chi connectivity index (χ4v) is 1.62. The summed E-state index contributed by atoms with van der Waals surface area (Å²) < 4.78 is 4.44. The van der Waals surface area contributed by atoms with Gasteiger partial charge in [0.15, 0.2) is 0 Å². The van der Waals surface area contributed by atoms with E-state index in [9.17, 15) is 4.79 Å². The van der Waals surface area contributed by atoms with Crippen molar-refractivity contribution in [2.45, 2.75) is 12.5 Å². The van der Waals surface area contributed by atoms with Gasteiger partial charge < -0.3 is 20.6 Å². The van der Waals surface area contributed by atoms with Crippen molar-refractivity contribution in [3.05, 3.63) is 47.9 Å². The molecule has 0 saturated heterocycles. The van der Waals surface area contributed by atoms with Gasteiger partial charge in [-0.25, -0.2) is 9.78 Å². The van der Waals surface area contributed by atoms with E-state index in [0.717, 1.165) is 5.56 Å². The molecule has 4 N–H and O–H groups in total. The van der Waals surface area contributed by atoms with E-state index in [1.165, 1.54) is 6.20 Å². The molecule has 0 radical (unpaired) electrons. The molecule has 2 aromatic rings. The van der Waals surface area contributed by atoms with E-state index in [-0.39, 0.29) is 11.9 Å². The molecule has 0 aliphatic heterocycles. The summed E-state index contributed by atoms with van der Waals surface area (Å²) in [5, 5.41) is 8.45. The molecule has 2 rings (SSSR count). The van der Waals surface area contributed by atoms with Crippen molar-refractivity contribution in [1.82, 2.24) is 9.97 Å². The zero-order valence-electron chi connectivity index (χ0n) is 9.54. The Morgan fingerprint density at radius 3 is 2.83 bits per heavy atom. The number of H-pyrrole nitrogens is 1. The number of nitrogens with two attached hydrogens (primary N) is 1. The van der Waals surface area contributed by atoms with E-state index in [0.29, 0.717) is 12.2 Å². The van der Waals surface area contributed by atoms with Crippen molar-refractivity contribution >= 4 is 6.16 Å². The van der Waals surface area contributed by atoms with E-state index in [2.05, 4.69) is 14.7 Å². The van der Waals surface area contributed by atoms with E-state index < -0.39 is 6.16 Å². The maximum atomic E-state index is 10.3. The van der Waals surface area contributed by atoms with Gasteiger partial charge >= 0.3 is 6.16 Å². The van der Waals surface area contributed by atoms with Gasteiger partial charge in [0.1, 0.15) is 5.82 Å². The van der Waals surface area contributed by atoms with Crippen LogP contribution in [0.3, 0.4) is 0 Å². The Kier molecular flexibility index (Phi) is 3.59. The third-order valence-corrected chi connectivity index (χ3v) is 2.42. The fraction of sp³-hybridized carbons (Fsp3) is 0.167. The maximum absolute atomic E-state index is 10.3. The summed E-state index contributed by atoms with van der Waals surface area (Å²) in [6.07, 6.45) is 0.525. The van der Waals surface area contributed by atoms with Gasteiger partial charge in [-0.2, -0.15) is 0 Å². The lowest BCUT2D eigenvalue weighted by molar-refractivity contribution is 0.142. The summed E-state index contributed by atoms with van der Waals surface area (Å²) in [7, 11) is 0. The number of carboxylic acid groups (broad SMARTS) is 1. The van der Waals surface area contributed by atoms with Crippen LogP contribution in [0, 0.1) is 0 Å². The second-order valence-electron chi connectivity index (χ2n) is 3.80. The Morgan fingerprint density at radius 1 is 1.44 bits per heavy atom. The van der Waals surface area contributed by atoms with Crippen LogP contribution in [-0.4, -0.2) is 21.2 Å². The molecule has 0 fully saturated rings. The van der Waals surface area contributed by atoms with Crippen molar-refractivity contribution in [2.24, 2.45) is 5.73 Å². The second kappa shape index (κ2) is 5.33. The minimum absolute atomic E-state index is 0.0704. The van der Waals surface area contributed by atoms with Gasteiger partial charge in [0.05, 0.1) is 12.2 Å². The summed E-state index contributed by atoms with van der Waals surface area (Å²) in [5.41, 5.74) is 7.06. The second-order valence-corrected chi connectivity index (χ2v) is 3.80. The highest BCUT2D eigenvalue weighted by Crippen LogP contribution is 2.16. The molecule has 1 aromatic carbocycles. The molecule has 0 bridgehead atoms. The van der Waals surface area contributed by atoms with E-state index in [4.69, 9.17) is 10.8 Å². The van der Waals surface area contributed by atoms with Crippen LogP contribution >= 0.6 is 0 Å². The first-order valence-corrected chi connectivity index (χ1v) is 5.40. The van der Waals surface area contributed by atoms with Crippen LogP contribution in [0.5, 0.6) is 5.88 Å². The molecule has 1 atom stereocenters. The molecule has 6 nitrogen and oxygen atoms in total. The molecule has 18 heavy (non-hydrogen) atoms. The highest BCUT2D eigenvalue weighted by molar-refractivity contribution is 5.60. The smallest absolute Gasteiger partial charge is 0.449 e. The Bertz CT molecular complexity index is 524. The lowest BCUT2D eigenvalue weighted by Crippen LogP contribution is -2.15. The summed E-state index contributed by atoms with van der Waals surface area (Å²) in [6.45, 7) is 0. The van der Waals surface area contributed by atoms with E-state index in [1.54, 1.807) is 0 Å². The molecule has 6 heteroatoms. The molecule has 1 heterocycles. The molecular formula is C12H13N3O3. The number of rotatable bonds is 4. The minimum Gasteiger partial charge on any atom is -0.449 e. The third-order valence-electron chi connectivity index (χ3n) is 2.42. The first-order valence-electron chi connectivity index (χ1n) is 5.40. The lowest BCUT2D eigenvalue weighted by Gasteiger charge is -2.08. The number of imidazole rings is 1. The number of nitrogens with one attached hydrogen (secondary N) is 1. The zero-order valence-corrected chi connectivity index (χ0v) is 9.54. The van der Waals surface area contributed by atoms with Crippen molar-refractivity contribution < 1.29 is 14.6 Å². The number of benzene rings is 1. The van der Waals surface area contributed by atoms with Crippen LogP contribution in [0.2, 0.25) is 0 Å². The normalized spacial score (nSPS) is 12.1. The molecule has 94 valence electrons. The quantitative estimate of drug-likeness (QED) is 0.714. The van der Waals surface area contributed by atoms with Crippen molar-refractivity contribution in [3.8, 4) is 5.88 Å². The lowest BCUT2D eigenvalue weighted by atomic mass is 10.1. The highest BCUT2D eigenvalue weighted by atomic mass is 16.7. The average Bonchev–Trinajstić information content (AvgIpc) is 2.78. The summed E-state index contributed by atoms with van der Waals surface area (Å²) in [5.74, 6) is 0.566. The standard InChI is InChI=1S/C12H13N3O3/c13-9(6-8-4-2-1-3-5-8)11-14-7-10(15-11)18-12(16)17/h1-5,7,9H,6,13H2,(H,14,15)(H,16,17). The van der Waals surface area contributed by atoms with Gasteiger partial charge in [-0.3, -0.25) is 0 Å². The van der Waals surface area contributed by atoms with Gasteiger partial charge in [-0.05, 0) is 12.0 Å². The van der Waals surface area contributed by atoms with E-state index in [1.807, 2.05) is 30.3 Å². The summed E-state index contributed by atoms with van der Waals surface area (Å²) in [6, 6.07) is 9.40. The molecule has 0 spiro atoms. The van der Waals surface area contributed by atoms with Crippen LogP contribution in [0.25, 0.3) is 0 Å². The Morgan fingerprint density at radius 2 is 2.17 bits per heavy atom. The van der Waals surface area contributed by atoms with Crippen molar-refractivity contribution in [1.29, 1.82) is 0 Å². The Balaban J connectivity index is 2.03. The molecular weight excluding hydrogens is 234 g/mol. The Labute approximate surface area is 103 Å². The molecule has 1 aromatic heterocycles. The van der Waals surface area contributed by atoms with Crippen LogP contribution in [0.4, 0.5) is 4.79 Å². The molecule has 0 aliphatic rings. The Hall–Kier alpha value is -2.34. The topological polar surface area (TPSA) is 101 Å². The zero-order chi connectivity index (χ0) is 13.0. The predicted octanol–water partition coefficient (Wildman–Crippen LogP) is 1.71. The van der Waals surface area contributed by atoms with Crippen LogP contribution in [-0.2, 0) is 6.42 Å². The average molecular weight is 247 g/mol.